The second-order valence-corrected chi connectivity index (χ2v) is 10.3. The summed E-state index contributed by atoms with van der Waals surface area (Å²) in [6, 6.07) is -0.107. The molecule has 7 nitrogen and oxygen atoms in total. The van der Waals surface area contributed by atoms with Crippen molar-refractivity contribution >= 4 is 16.0 Å². The van der Waals surface area contributed by atoms with Gasteiger partial charge >= 0.3 is 15.5 Å². The lowest BCUT2D eigenvalue weighted by Crippen LogP contribution is -2.52. The Morgan fingerprint density at radius 3 is 2.38 bits per heavy atom. The van der Waals surface area contributed by atoms with Crippen LogP contribution < -0.4 is 10.6 Å². The molecule has 1 atom stereocenters. The Morgan fingerprint density at radius 1 is 1.17 bits per heavy atom. The predicted octanol–water partition coefficient (Wildman–Crippen LogP) is 1.83. The van der Waals surface area contributed by atoms with Crippen LogP contribution in [0.4, 0.5) is 13.2 Å². The molecular formula is C18H34F3N5O2S. The third-order valence-electron chi connectivity index (χ3n) is 5.44. The lowest BCUT2D eigenvalue weighted by Gasteiger charge is -2.35. The van der Waals surface area contributed by atoms with Gasteiger partial charge in [0.1, 0.15) is 0 Å². The normalized spacial score (nSPS) is 24.1. The smallest absolute Gasteiger partial charge is 0.356 e. The number of guanidine groups is 1. The highest BCUT2D eigenvalue weighted by Gasteiger charge is 2.50. The van der Waals surface area contributed by atoms with E-state index in [1.165, 1.54) is 6.42 Å². The Balaban J connectivity index is 1.77. The minimum atomic E-state index is -5.24. The van der Waals surface area contributed by atoms with Crippen LogP contribution in [0.15, 0.2) is 4.99 Å². The summed E-state index contributed by atoms with van der Waals surface area (Å²) in [5.41, 5.74) is -5.24. The summed E-state index contributed by atoms with van der Waals surface area (Å²) < 4.78 is 61.6. The molecule has 0 aromatic rings. The second kappa shape index (κ2) is 10.3. The highest BCUT2D eigenvalue weighted by Crippen LogP contribution is 2.29. The van der Waals surface area contributed by atoms with Crippen molar-refractivity contribution in [2.24, 2.45) is 16.8 Å². The van der Waals surface area contributed by atoms with Gasteiger partial charge < -0.3 is 15.5 Å². The van der Waals surface area contributed by atoms with E-state index in [2.05, 4.69) is 34.4 Å². The van der Waals surface area contributed by atoms with Gasteiger partial charge in [-0.25, -0.2) is 8.42 Å². The van der Waals surface area contributed by atoms with Crippen LogP contribution in [-0.2, 0) is 10.0 Å². The molecule has 29 heavy (non-hydrogen) atoms. The van der Waals surface area contributed by atoms with Crippen molar-refractivity contribution in [3.63, 3.8) is 0 Å². The molecule has 2 heterocycles. The van der Waals surface area contributed by atoms with Gasteiger partial charge in [0, 0.05) is 45.8 Å². The minimum Gasteiger partial charge on any atom is -0.356 e. The molecule has 0 aromatic heterocycles. The molecule has 0 aliphatic carbocycles. The fourth-order valence-electron chi connectivity index (χ4n) is 4.02. The SMILES string of the molecule is CN=C(NCC1CCCN(CC(C)C)C1)NC1CCN(S(=O)(=O)C(F)(F)F)CC1. The van der Waals surface area contributed by atoms with Crippen LogP contribution in [0.25, 0.3) is 0 Å². The van der Waals surface area contributed by atoms with Crippen molar-refractivity contribution in [1.29, 1.82) is 0 Å². The van der Waals surface area contributed by atoms with E-state index in [-0.39, 0.29) is 19.1 Å². The molecule has 2 fully saturated rings. The monoisotopic (exact) mass is 441 g/mol. The van der Waals surface area contributed by atoms with Crippen molar-refractivity contribution in [2.45, 2.75) is 51.1 Å². The van der Waals surface area contributed by atoms with Gasteiger partial charge in [-0.2, -0.15) is 17.5 Å². The molecule has 2 saturated heterocycles. The molecule has 0 amide bonds. The quantitative estimate of drug-likeness (QED) is 0.486. The Morgan fingerprint density at radius 2 is 1.83 bits per heavy atom. The highest BCUT2D eigenvalue weighted by molar-refractivity contribution is 7.90. The number of hydrogen-bond donors (Lipinski definition) is 2. The van der Waals surface area contributed by atoms with Crippen molar-refractivity contribution in [1.82, 2.24) is 19.8 Å². The van der Waals surface area contributed by atoms with Gasteiger partial charge in [0.2, 0.25) is 0 Å². The maximum absolute atomic E-state index is 12.7. The number of nitrogens with one attached hydrogen (secondary N) is 2. The number of piperidine rings is 2. The number of halogens is 3. The minimum absolute atomic E-state index is 0.107. The molecule has 0 radical (unpaired) electrons. The maximum Gasteiger partial charge on any atom is 0.511 e. The fourth-order valence-corrected chi connectivity index (χ4v) is 5.00. The number of likely N-dealkylation sites (tertiary alicyclic amines) is 1. The number of hydrogen-bond acceptors (Lipinski definition) is 4. The van der Waals surface area contributed by atoms with Crippen molar-refractivity contribution in [3.8, 4) is 0 Å². The van der Waals surface area contributed by atoms with E-state index in [4.69, 9.17) is 0 Å². The maximum atomic E-state index is 12.7. The summed E-state index contributed by atoms with van der Waals surface area (Å²) >= 11 is 0. The molecule has 2 aliphatic heterocycles. The van der Waals surface area contributed by atoms with E-state index in [9.17, 15) is 21.6 Å². The Labute approximate surface area is 172 Å². The third kappa shape index (κ3) is 6.99. The molecular weight excluding hydrogens is 407 g/mol. The van der Waals surface area contributed by atoms with Crippen molar-refractivity contribution < 1.29 is 21.6 Å². The summed E-state index contributed by atoms with van der Waals surface area (Å²) in [5, 5.41) is 6.55. The van der Waals surface area contributed by atoms with Crippen LogP contribution in [0.1, 0.15) is 39.5 Å². The first kappa shape index (κ1) is 24.2. The lowest BCUT2D eigenvalue weighted by atomic mass is 9.97. The van der Waals surface area contributed by atoms with E-state index in [0.717, 1.165) is 32.6 Å². The number of alkyl halides is 3. The van der Waals surface area contributed by atoms with Crippen LogP contribution >= 0.6 is 0 Å². The van der Waals surface area contributed by atoms with Crippen LogP contribution in [0, 0.1) is 11.8 Å². The van der Waals surface area contributed by atoms with Crippen LogP contribution in [0.3, 0.4) is 0 Å². The van der Waals surface area contributed by atoms with E-state index in [1.54, 1.807) is 7.05 Å². The summed E-state index contributed by atoms with van der Waals surface area (Å²) in [7, 11) is -3.58. The van der Waals surface area contributed by atoms with Crippen molar-refractivity contribution in [2.75, 3.05) is 46.3 Å². The van der Waals surface area contributed by atoms with Gasteiger partial charge in [-0.3, -0.25) is 4.99 Å². The molecule has 0 saturated carbocycles. The first-order chi connectivity index (χ1) is 13.5. The fraction of sp³-hybridized carbons (Fsp3) is 0.944. The lowest BCUT2D eigenvalue weighted by molar-refractivity contribution is -0.0494. The van der Waals surface area contributed by atoms with Crippen molar-refractivity contribution in [3.05, 3.63) is 0 Å². The molecule has 2 rings (SSSR count). The average molecular weight is 442 g/mol. The van der Waals surface area contributed by atoms with E-state index in [0.29, 0.717) is 34.9 Å². The topological polar surface area (TPSA) is 77.0 Å². The molecule has 0 bridgehead atoms. The molecule has 1 unspecified atom stereocenters. The van der Waals surface area contributed by atoms with Crippen LogP contribution in [0.5, 0.6) is 0 Å². The standard InChI is InChI=1S/C18H34F3N5O2S/c1-14(2)12-25-8-4-5-15(13-25)11-23-17(22-3)24-16-6-9-26(10-7-16)29(27,28)18(19,20)21/h14-16H,4-13H2,1-3H3,(H2,22,23,24). The Bertz CT molecular complexity index is 646. The first-order valence-electron chi connectivity index (χ1n) is 10.3. The second-order valence-electron chi connectivity index (χ2n) is 8.38. The average Bonchev–Trinajstić information content (AvgIpc) is 2.64. The molecule has 11 heteroatoms. The van der Waals surface area contributed by atoms with Gasteiger partial charge in [0.25, 0.3) is 0 Å². The number of nitrogens with zero attached hydrogens (tertiary/aromatic N) is 3. The zero-order valence-electron chi connectivity index (χ0n) is 17.5. The molecule has 170 valence electrons. The van der Waals surface area contributed by atoms with Gasteiger partial charge in [-0.05, 0) is 44.1 Å². The van der Waals surface area contributed by atoms with E-state index in [1.807, 2.05) is 0 Å². The largest absolute Gasteiger partial charge is 0.511 e. The first-order valence-corrected chi connectivity index (χ1v) is 11.7. The molecule has 2 N–H and O–H groups in total. The zero-order valence-corrected chi connectivity index (χ0v) is 18.3. The number of aliphatic imine (C=N–C) groups is 1. The van der Waals surface area contributed by atoms with Gasteiger partial charge in [-0.1, -0.05) is 13.8 Å². The van der Waals surface area contributed by atoms with Gasteiger partial charge in [-0.15, -0.1) is 0 Å². The summed E-state index contributed by atoms with van der Waals surface area (Å²) in [4.78, 5) is 6.70. The molecule has 0 aromatic carbocycles. The van der Waals surface area contributed by atoms with E-state index < -0.39 is 15.5 Å². The van der Waals surface area contributed by atoms with Crippen LogP contribution in [0.2, 0.25) is 0 Å². The highest BCUT2D eigenvalue weighted by atomic mass is 32.2. The zero-order chi connectivity index (χ0) is 21.7. The van der Waals surface area contributed by atoms with Gasteiger partial charge in [0.05, 0.1) is 0 Å². The van der Waals surface area contributed by atoms with Gasteiger partial charge in [0.15, 0.2) is 5.96 Å². The summed E-state index contributed by atoms with van der Waals surface area (Å²) in [5.74, 6) is 1.78. The summed E-state index contributed by atoms with van der Waals surface area (Å²) in [6.07, 6.45) is 2.95. The number of sulfonamides is 1. The number of rotatable bonds is 6. The molecule has 2 aliphatic rings. The Kier molecular flexibility index (Phi) is 8.59. The van der Waals surface area contributed by atoms with E-state index >= 15 is 0 Å². The van der Waals surface area contributed by atoms with Crippen LogP contribution in [-0.4, -0.2) is 81.4 Å². The predicted molar refractivity (Wildman–Crippen MR) is 108 cm³/mol. The summed E-state index contributed by atoms with van der Waals surface area (Å²) in [6.45, 7) is 8.22. The molecule has 0 spiro atoms. The Hall–Kier alpha value is -1.07. The third-order valence-corrected chi connectivity index (χ3v) is 7.07.